The molecule has 3 rings (SSSR count). The average molecular weight is 218 g/mol. The van der Waals surface area contributed by atoms with E-state index in [0.29, 0.717) is 0 Å². The van der Waals surface area contributed by atoms with E-state index in [-0.39, 0.29) is 11.4 Å². The Kier molecular flexibility index (Phi) is 1.89. The van der Waals surface area contributed by atoms with Crippen molar-refractivity contribution in [1.82, 2.24) is 10.3 Å². The second-order valence-electron chi connectivity index (χ2n) is 5.19. The van der Waals surface area contributed by atoms with Crippen LogP contribution in [0.25, 0.3) is 10.9 Å². The van der Waals surface area contributed by atoms with E-state index in [1.807, 2.05) is 6.07 Å². The number of benzene rings is 1. The van der Waals surface area contributed by atoms with Gasteiger partial charge in [-0.05, 0) is 37.6 Å². The summed E-state index contributed by atoms with van der Waals surface area (Å²) in [4.78, 5) is 3.33. The molecule has 16 heavy (non-hydrogen) atoms. The predicted molar refractivity (Wildman–Crippen MR) is 62.9 cm³/mol. The fraction of sp³-hybridized carbons (Fsp3) is 0.385. The maximum atomic E-state index is 13.1. The Morgan fingerprint density at radius 1 is 1.31 bits per heavy atom. The van der Waals surface area contributed by atoms with Crippen molar-refractivity contribution in [1.29, 1.82) is 0 Å². The first kappa shape index (κ1) is 9.85. The molecule has 84 valence electrons. The molecule has 2 nitrogen and oxygen atoms in total. The van der Waals surface area contributed by atoms with Gasteiger partial charge in [-0.25, -0.2) is 4.39 Å². The van der Waals surface area contributed by atoms with Gasteiger partial charge < -0.3 is 10.3 Å². The molecule has 3 heteroatoms. The highest BCUT2D eigenvalue weighted by atomic mass is 19.1. The van der Waals surface area contributed by atoms with Crippen molar-refractivity contribution in [3.63, 3.8) is 0 Å². The van der Waals surface area contributed by atoms with Gasteiger partial charge in [-0.1, -0.05) is 0 Å². The molecule has 2 heterocycles. The van der Waals surface area contributed by atoms with Gasteiger partial charge >= 0.3 is 0 Å². The average Bonchev–Trinajstić information content (AvgIpc) is 2.51. The third-order valence-corrected chi connectivity index (χ3v) is 3.32. The number of nitrogens with one attached hydrogen (secondary N) is 2. The molecule has 2 N–H and O–H groups in total. The van der Waals surface area contributed by atoms with Gasteiger partial charge in [0.2, 0.25) is 0 Å². The molecule has 1 aliphatic heterocycles. The topological polar surface area (TPSA) is 27.8 Å². The molecule has 0 spiro atoms. The van der Waals surface area contributed by atoms with Crippen molar-refractivity contribution in [3.05, 3.63) is 35.3 Å². The Hall–Kier alpha value is -1.35. The number of fused-ring (bicyclic) bond motifs is 3. The maximum absolute atomic E-state index is 13.1. The van der Waals surface area contributed by atoms with Crippen LogP contribution in [0.1, 0.15) is 25.1 Å². The summed E-state index contributed by atoms with van der Waals surface area (Å²) in [6.07, 6.45) is 0.957. The Morgan fingerprint density at radius 2 is 2.12 bits per heavy atom. The minimum absolute atomic E-state index is 0.117. The highest BCUT2D eigenvalue weighted by Crippen LogP contribution is 2.29. The van der Waals surface area contributed by atoms with Gasteiger partial charge in [0.25, 0.3) is 0 Å². The van der Waals surface area contributed by atoms with Crippen LogP contribution in [0.4, 0.5) is 4.39 Å². The first-order valence-electron chi connectivity index (χ1n) is 5.59. The molecule has 0 saturated carbocycles. The van der Waals surface area contributed by atoms with Crippen LogP contribution >= 0.6 is 0 Å². The van der Waals surface area contributed by atoms with Crippen molar-refractivity contribution in [2.45, 2.75) is 32.4 Å². The largest absolute Gasteiger partial charge is 0.358 e. The van der Waals surface area contributed by atoms with Crippen molar-refractivity contribution in [2.24, 2.45) is 0 Å². The lowest BCUT2D eigenvalue weighted by Gasteiger charge is -2.31. The zero-order valence-electron chi connectivity index (χ0n) is 9.52. The molecule has 0 saturated heterocycles. The Labute approximate surface area is 93.9 Å². The van der Waals surface area contributed by atoms with Crippen molar-refractivity contribution in [2.75, 3.05) is 0 Å². The molecule has 0 bridgehead atoms. The van der Waals surface area contributed by atoms with E-state index in [2.05, 4.69) is 24.1 Å². The van der Waals surface area contributed by atoms with E-state index in [4.69, 9.17) is 0 Å². The lowest BCUT2D eigenvalue weighted by molar-refractivity contribution is 0.360. The van der Waals surface area contributed by atoms with E-state index in [1.165, 1.54) is 17.3 Å². The van der Waals surface area contributed by atoms with Crippen LogP contribution in [0, 0.1) is 5.82 Å². The third-order valence-electron chi connectivity index (χ3n) is 3.32. The fourth-order valence-corrected chi connectivity index (χ4v) is 2.47. The van der Waals surface area contributed by atoms with Gasteiger partial charge in [-0.15, -0.1) is 0 Å². The van der Waals surface area contributed by atoms with Crippen LogP contribution in [0.15, 0.2) is 18.2 Å². The van der Waals surface area contributed by atoms with Crippen molar-refractivity contribution < 1.29 is 4.39 Å². The SMILES string of the molecule is CC1(C)Cc2[nH]c3cc(F)ccc3c2CN1. The van der Waals surface area contributed by atoms with Gasteiger partial charge in [0.05, 0.1) is 0 Å². The van der Waals surface area contributed by atoms with Gasteiger partial charge in [-0.3, -0.25) is 0 Å². The molecular weight excluding hydrogens is 203 g/mol. The van der Waals surface area contributed by atoms with Crippen LogP contribution in [0.2, 0.25) is 0 Å². The van der Waals surface area contributed by atoms with Crippen LogP contribution in [-0.4, -0.2) is 10.5 Å². The van der Waals surface area contributed by atoms with Crippen LogP contribution < -0.4 is 5.32 Å². The van der Waals surface area contributed by atoms with Crippen LogP contribution in [0.5, 0.6) is 0 Å². The van der Waals surface area contributed by atoms with E-state index in [9.17, 15) is 4.39 Å². The number of hydrogen-bond acceptors (Lipinski definition) is 1. The fourth-order valence-electron chi connectivity index (χ4n) is 2.47. The highest BCUT2D eigenvalue weighted by molar-refractivity contribution is 5.85. The van der Waals surface area contributed by atoms with Crippen LogP contribution in [0.3, 0.4) is 0 Å². The second-order valence-corrected chi connectivity index (χ2v) is 5.19. The normalized spacial score (nSPS) is 18.7. The molecular formula is C13H15FN2. The first-order valence-corrected chi connectivity index (χ1v) is 5.59. The zero-order valence-corrected chi connectivity index (χ0v) is 9.52. The lowest BCUT2D eigenvalue weighted by atomic mass is 9.91. The molecule has 1 aliphatic rings. The van der Waals surface area contributed by atoms with Gasteiger partial charge in [0.1, 0.15) is 5.82 Å². The maximum Gasteiger partial charge on any atom is 0.125 e. The lowest BCUT2D eigenvalue weighted by Crippen LogP contribution is -2.44. The molecule has 0 amide bonds. The summed E-state index contributed by atoms with van der Waals surface area (Å²) in [5.74, 6) is -0.182. The van der Waals surface area contributed by atoms with E-state index < -0.39 is 0 Å². The predicted octanol–water partition coefficient (Wildman–Crippen LogP) is 2.73. The van der Waals surface area contributed by atoms with Gasteiger partial charge in [0, 0.05) is 35.1 Å². The third kappa shape index (κ3) is 1.43. The van der Waals surface area contributed by atoms with Gasteiger partial charge in [0.15, 0.2) is 0 Å². The summed E-state index contributed by atoms with van der Waals surface area (Å²) in [6, 6.07) is 4.96. The molecule has 0 radical (unpaired) electrons. The van der Waals surface area contributed by atoms with Crippen molar-refractivity contribution in [3.8, 4) is 0 Å². The summed E-state index contributed by atoms with van der Waals surface area (Å²) in [7, 11) is 0. The summed E-state index contributed by atoms with van der Waals surface area (Å²) in [6.45, 7) is 5.22. The monoisotopic (exact) mass is 218 g/mol. The number of rotatable bonds is 0. The molecule has 1 aromatic carbocycles. The molecule has 0 unspecified atom stereocenters. The summed E-state index contributed by atoms with van der Waals surface area (Å²) in [5, 5.41) is 4.63. The summed E-state index contributed by atoms with van der Waals surface area (Å²) >= 11 is 0. The molecule has 0 atom stereocenters. The van der Waals surface area contributed by atoms with Gasteiger partial charge in [-0.2, -0.15) is 0 Å². The summed E-state index contributed by atoms with van der Waals surface area (Å²) in [5.41, 5.74) is 3.55. The Bertz CT molecular complexity index is 554. The zero-order chi connectivity index (χ0) is 11.3. The number of halogens is 1. The van der Waals surface area contributed by atoms with E-state index >= 15 is 0 Å². The van der Waals surface area contributed by atoms with Crippen LogP contribution in [-0.2, 0) is 13.0 Å². The molecule has 2 aromatic rings. The summed E-state index contributed by atoms with van der Waals surface area (Å²) < 4.78 is 13.1. The molecule has 1 aromatic heterocycles. The standard InChI is InChI=1S/C13H15FN2/c1-13(2)6-12-10(7-15-13)9-4-3-8(14)5-11(9)16-12/h3-5,15-16H,6-7H2,1-2H3. The van der Waals surface area contributed by atoms with E-state index in [0.717, 1.165) is 23.9 Å². The van der Waals surface area contributed by atoms with E-state index in [1.54, 1.807) is 6.07 Å². The minimum Gasteiger partial charge on any atom is -0.358 e. The highest BCUT2D eigenvalue weighted by Gasteiger charge is 2.26. The molecule has 0 aliphatic carbocycles. The molecule has 0 fully saturated rings. The number of hydrogen-bond donors (Lipinski definition) is 2. The smallest absolute Gasteiger partial charge is 0.125 e. The van der Waals surface area contributed by atoms with Crippen molar-refractivity contribution >= 4 is 10.9 Å². The Balaban J connectivity index is 2.20. The second kappa shape index (κ2) is 3.08. The first-order chi connectivity index (χ1) is 7.55. The minimum atomic E-state index is -0.182. The number of aromatic amines is 1. The quantitative estimate of drug-likeness (QED) is 0.699. The Morgan fingerprint density at radius 3 is 2.94 bits per heavy atom. The number of aromatic nitrogens is 1. The number of H-pyrrole nitrogens is 1.